The van der Waals surface area contributed by atoms with Crippen LogP contribution in [0, 0.1) is 0 Å². The second-order valence-electron chi connectivity index (χ2n) is 5.24. The average Bonchev–Trinajstić information content (AvgIpc) is 2.92. The molecule has 1 nitrogen and oxygen atoms in total. The Labute approximate surface area is 134 Å². The Balaban J connectivity index is 1.62. The Morgan fingerprint density at radius 3 is 2.62 bits per heavy atom. The van der Waals surface area contributed by atoms with E-state index in [0.29, 0.717) is 6.04 Å². The SMILES string of the molecule is CC(NCCc1ccc(Cl)s1)c1ccc2ccccc2c1. The second kappa shape index (κ2) is 6.61. The molecule has 108 valence electrons. The Bertz CT molecular complexity index is 735. The summed E-state index contributed by atoms with van der Waals surface area (Å²) in [5.74, 6) is 0. The van der Waals surface area contributed by atoms with Gasteiger partial charge in [0.15, 0.2) is 0 Å². The maximum Gasteiger partial charge on any atom is 0.0931 e. The molecule has 0 saturated heterocycles. The molecule has 0 aliphatic rings. The highest BCUT2D eigenvalue weighted by Crippen LogP contribution is 2.22. The number of fused-ring (bicyclic) bond motifs is 1. The third-order valence-corrected chi connectivity index (χ3v) is 5.02. The minimum absolute atomic E-state index is 0.352. The molecule has 0 saturated carbocycles. The Morgan fingerprint density at radius 1 is 1.05 bits per heavy atom. The van der Waals surface area contributed by atoms with Crippen LogP contribution in [0.3, 0.4) is 0 Å². The molecule has 21 heavy (non-hydrogen) atoms. The lowest BCUT2D eigenvalue weighted by molar-refractivity contribution is 0.579. The van der Waals surface area contributed by atoms with Crippen molar-refractivity contribution in [2.24, 2.45) is 0 Å². The predicted molar refractivity (Wildman–Crippen MR) is 93.4 cm³/mol. The van der Waals surface area contributed by atoms with Crippen LogP contribution in [0.15, 0.2) is 54.6 Å². The Kier molecular flexibility index (Phi) is 4.59. The van der Waals surface area contributed by atoms with Crippen LogP contribution in [-0.4, -0.2) is 6.54 Å². The highest BCUT2D eigenvalue weighted by Gasteiger charge is 2.06. The van der Waals surface area contributed by atoms with Gasteiger partial charge in [-0.25, -0.2) is 0 Å². The first-order valence-electron chi connectivity index (χ1n) is 7.19. The fraction of sp³-hybridized carbons (Fsp3) is 0.222. The van der Waals surface area contributed by atoms with Crippen LogP contribution in [0.4, 0.5) is 0 Å². The minimum Gasteiger partial charge on any atom is -0.310 e. The van der Waals surface area contributed by atoms with Gasteiger partial charge in [0.1, 0.15) is 0 Å². The van der Waals surface area contributed by atoms with Crippen molar-refractivity contribution in [1.29, 1.82) is 0 Å². The van der Waals surface area contributed by atoms with E-state index in [1.54, 1.807) is 11.3 Å². The van der Waals surface area contributed by atoms with E-state index in [9.17, 15) is 0 Å². The molecule has 3 aromatic rings. The third kappa shape index (κ3) is 3.65. The molecule has 2 aromatic carbocycles. The highest BCUT2D eigenvalue weighted by atomic mass is 35.5. The summed E-state index contributed by atoms with van der Waals surface area (Å²) in [6.45, 7) is 3.18. The average molecular weight is 316 g/mol. The number of benzene rings is 2. The zero-order valence-corrected chi connectivity index (χ0v) is 13.5. The number of hydrogen-bond donors (Lipinski definition) is 1. The summed E-state index contributed by atoms with van der Waals surface area (Å²) in [4.78, 5) is 1.33. The van der Waals surface area contributed by atoms with E-state index >= 15 is 0 Å². The van der Waals surface area contributed by atoms with E-state index < -0.39 is 0 Å². The van der Waals surface area contributed by atoms with Gasteiger partial charge in [-0.3, -0.25) is 0 Å². The molecule has 1 aromatic heterocycles. The van der Waals surface area contributed by atoms with Crippen molar-refractivity contribution in [3.8, 4) is 0 Å². The lowest BCUT2D eigenvalue weighted by atomic mass is 10.0. The topological polar surface area (TPSA) is 12.0 Å². The van der Waals surface area contributed by atoms with Gasteiger partial charge in [-0.05, 0) is 47.9 Å². The van der Waals surface area contributed by atoms with Gasteiger partial charge >= 0.3 is 0 Å². The molecule has 0 radical (unpaired) electrons. The van der Waals surface area contributed by atoms with Crippen molar-refractivity contribution in [1.82, 2.24) is 5.32 Å². The molecule has 0 spiro atoms. The van der Waals surface area contributed by atoms with Gasteiger partial charge in [0.25, 0.3) is 0 Å². The van der Waals surface area contributed by atoms with Crippen molar-refractivity contribution in [3.05, 3.63) is 69.4 Å². The van der Waals surface area contributed by atoms with Gasteiger partial charge in [0, 0.05) is 17.5 Å². The van der Waals surface area contributed by atoms with Gasteiger partial charge in [-0.1, -0.05) is 48.0 Å². The molecule has 3 rings (SSSR count). The first kappa shape index (κ1) is 14.6. The summed E-state index contributed by atoms with van der Waals surface area (Å²) in [5, 5.41) is 6.18. The summed E-state index contributed by atoms with van der Waals surface area (Å²) in [7, 11) is 0. The van der Waals surface area contributed by atoms with Crippen LogP contribution in [-0.2, 0) is 6.42 Å². The first-order chi connectivity index (χ1) is 10.2. The van der Waals surface area contributed by atoms with Crippen LogP contribution < -0.4 is 5.32 Å². The second-order valence-corrected chi connectivity index (χ2v) is 7.04. The van der Waals surface area contributed by atoms with Crippen molar-refractivity contribution >= 4 is 33.7 Å². The van der Waals surface area contributed by atoms with Crippen LogP contribution in [0.2, 0.25) is 4.34 Å². The summed E-state index contributed by atoms with van der Waals surface area (Å²) in [6.07, 6.45) is 1.02. The molecule has 1 heterocycles. The monoisotopic (exact) mass is 315 g/mol. The normalized spacial score (nSPS) is 12.7. The van der Waals surface area contributed by atoms with E-state index in [2.05, 4.69) is 60.8 Å². The number of thiophene rings is 1. The fourth-order valence-corrected chi connectivity index (χ4v) is 3.58. The molecular weight excluding hydrogens is 298 g/mol. The zero-order valence-electron chi connectivity index (χ0n) is 12.0. The van der Waals surface area contributed by atoms with E-state index in [-0.39, 0.29) is 0 Å². The molecule has 0 bridgehead atoms. The zero-order chi connectivity index (χ0) is 14.7. The van der Waals surface area contributed by atoms with Crippen LogP contribution in [0.5, 0.6) is 0 Å². The number of hydrogen-bond acceptors (Lipinski definition) is 2. The maximum absolute atomic E-state index is 5.95. The molecular formula is C18H18ClNS. The predicted octanol–water partition coefficient (Wildman–Crippen LogP) is 5.45. The van der Waals surface area contributed by atoms with Crippen LogP contribution in [0.25, 0.3) is 10.8 Å². The Morgan fingerprint density at radius 2 is 1.86 bits per heavy atom. The van der Waals surface area contributed by atoms with Gasteiger partial charge in [0.05, 0.1) is 4.34 Å². The summed E-state index contributed by atoms with van der Waals surface area (Å²) >= 11 is 7.61. The van der Waals surface area contributed by atoms with E-state index in [1.807, 2.05) is 6.07 Å². The van der Waals surface area contributed by atoms with E-state index in [4.69, 9.17) is 11.6 Å². The molecule has 0 amide bonds. The number of rotatable bonds is 5. The minimum atomic E-state index is 0.352. The summed E-state index contributed by atoms with van der Waals surface area (Å²) in [6, 6.07) is 19.6. The van der Waals surface area contributed by atoms with Crippen molar-refractivity contribution in [2.75, 3.05) is 6.54 Å². The summed E-state index contributed by atoms with van der Waals surface area (Å²) in [5.41, 5.74) is 1.33. The lowest BCUT2D eigenvalue weighted by Crippen LogP contribution is -2.21. The molecule has 0 aliphatic heterocycles. The van der Waals surface area contributed by atoms with Gasteiger partial charge in [0.2, 0.25) is 0 Å². The largest absolute Gasteiger partial charge is 0.310 e. The summed E-state index contributed by atoms with van der Waals surface area (Å²) < 4.78 is 0.868. The van der Waals surface area contributed by atoms with E-state index in [0.717, 1.165) is 17.3 Å². The lowest BCUT2D eigenvalue weighted by Gasteiger charge is -2.14. The molecule has 0 fully saturated rings. The van der Waals surface area contributed by atoms with Crippen LogP contribution >= 0.6 is 22.9 Å². The highest BCUT2D eigenvalue weighted by molar-refractivity contribution is 7.16. The molecule has 1 atom stereocenters. The Hall–Kier alpha value is -1.35. The van der Waals surface area contributed by atoms with Crippen LogP contribution in [0.1, 0.15) is 23.4 Å². The van der Waals surface area contributed by atoms with Gasteiger partial charge < -0.3 is 5.32 Å². The maximum atomic E-state index is 5.95. The standard InChI is InChI=1S/C18H18ClNS/c1-13(20-11-10-17-8-9-18(19)21-17)15-7-6-14-4-2-3-5-16(14)12-15/h2-9,12-13,20H,10-11H2,1H3. The molecule has 1 N–H and O–H groups in total. The van der Waals surface area contributed by atoms with Crippen molar-refractivity contribution in [2.45, 2.75) is 19.4 Å². The molecule has 1 unspecified atom stereocenters. The van der Waals surface area contributed by atoms with E-state index in [1.165, 1.54) is 21.2 Å². The van der Waals surface area contributed by atoms with Crippen molar-refractivity contribution in [3.63, 3.8) is 0 Å². The third-order valence-electron chi connectivity index (χ3n) is 3.72. The number of nitrogens with one attached hydrogen (secondary N) is 1. The van der Waals surface area contributed by atoms with Gasteiger partial charge in [-0.15, -0.1) is 11.3 Å². The first-order valence-corrected chi connectivity index (χ1v) is 8.38. The smallest absolute Gasteiger partial charge is 0.0931 e. The quantitative estimate of drug-likeness (QED) is 0.660. The van der Waals surface area contributed by atoms with Gasteiger partial charge in [-0.2, -0.15) is 0 Å². The van der Waals surface area contributed by atoms with Crippen molar-refractivity contribution < 1.29 is 0 Å². The number of halogens is 1. The molecule has 3 heteroatoms. The molecule has 0 aliphatic carbocycles. The fourth-order valence-electron chi connectivity index (χ4n) is 2.49.